The lowest BCUT2D eigenvalue weighted by atomic mass is 10.1. The van der Waals surface area contributed by atoms with Crippen LogP contribution in [0, 0.1) is 0 Å². The number of piperidine rings is 1. The van der Waals surface area contributed by atoms with Gasteiger partial charge in [-0.25, -0.2) is 0 Å². The van der Waals surface area contributed by atoms with Crippen LogP contribution in [0.4, 0.5) is 0 Å². The van der Waals surface area contributed by atoms with E-state index in [0.29, 0.717) is 18.3 Å². The second kappa shape index (κ2) is 11.3. The minimum Gasteiger partial charge on any atom is -0.342 e. The van der Waals surface area contributed by atoms with Gasteiger partial charge in [0.1, 0.15) is 0 Å². The summed E-state index contributed by atoms with van der Waals surface area (Å²) < 4.78 is 0. The van der Waals surface area contributed by atoms with E-state index in [9.17, 15) is 4.79 Å². The molecule has 0 bridgehead atoms. The molecule has 8 heteroatoms. The number of carbonyl (C=O) groups excluding carboxylic acids is 1. The molecule has 168 valence electrons. The van der Waals surface area contributed by atoms with Gasteiger partial charge >= 0.3 is 0 Å². The summed E-state index contributed by atoms with van der Waals surface area (Å²) in [6, 6.07) is 9.98. The maximum absolute atomic E-state index is 12.4. The number of hydrogen-bond donors (Lipinski definition) is 0. The van der Waals surface area contributed by atoms with Crippen LogP contribution in [-0.2, 0) is 11.3 Å². The number of likely N-dealkylation sites (tertiary alicyclic amines) is 1. The summed E-state index contributed by atoms with van der Waals surface area (Å²) >= 11 is 0. The molecule has 1 aromatic heterocycles. The molecule has 2 aromatic rings. The van der Waals surface area contributed by atoms with Crippen LogP contribution in [0.15, 0.2) is 30.3 Å². The van der Waals surface area contributed by atoms with Gasteiger partial charge < -0.3 is 9.80 Å². The number of carbonyl (C=O) groups is 1. The molecule has 0 spiro atoms. The number of tetrazole rings is 1. The number of hydrogen-bond acceptors (Lipinski definition) is 6. The van der Waals surface area contributed by atoms with Crippen LogP contribution in [0.5, 0.6) is 0 Å². The number of benzene rings is 1. The Bertz CT molecular complexity index is 795. The summed E-state index contributed by atoms with van der Waals surface area (Å²) in [5.41, 5.74) is 1.01. The van der Waals surface area contributed by atoms with Gasteiger partial charge in [0.2, 0.25) is 11.7 Å². The highest BCUT2D eigenvalue weighted by Gasteiger charge is 2.22. The van der Waals surface area contributed by atoms with E-state index in [1.54, 1.807) is 4.80 Å². The molecule has 2 fully saturated rings. The van der Waals surface area contributed by atoms with Crippen LogP contribution < -0.4 is 0 Å². The number of piperazine rings is 1. The standard InChI is InChI=1S/C23H35N7O/c31-22(29-13-7-3-8-14-29)20-28-18-16-27(17-19-28)12-6-2-9-15-30-25-23(24-26-30)21-10-4-1-5-11-21/h1,4-5,10-11H,2-3,6-9,12-20H2. The third-order valence-corrected chi connectivity index (χ3v) is 6.35. The van der Waals surface area contributed by atoms with Crippen LogP contribution >= 0.6 is 0 Å². The van der Waals surface area contributed by atoms with Gasteiger partial charge in [0.25, 0.3) is 0 Å². The van der Waals surface area contributed by atoms with Gasteiger partial charge in [-0.1, -0.05) is 36.8 Å². The van der Waals surface area contributed by atoms with Crippen molar-refractivity contribution in [3.63, 3.8) is 0 Å². The lowest BCUT2D eigenvalue weighted by molar-refractivity contribution is -0.133. The Morgan fingerprint density at radius 1 is 0.806 bits per heavy atom. The van der Waals surface area contributed by atoms with Crippen LogP contribution in [-0.4, -0.2) is 93.2 Å². The first-order chi connectivity index (χ1) is 15.3. The molecule has 0 atom stereocenters. The van der Waals surface area contributed by atoms with Gasteiger partial charge in [-0.3, -0.25) is 9.69 Å². The zero-order chi connectivity index (χ0) is 21.3. The highest BCUT2D eigenvalue weighted by molar-refractivity contribution is 5.78. The summed E-state index contributed by atoms with van der Waals surface area (Å²) in [4.78, 5) is 21.1. The third-order valence-electron chi connectivity index (χ3n) is 6.35. The molecule has 8 nitrogen and oxygen atoms in total. The molecule has 31 heavy (non-hydrogen) atoms. The molecular formula is C23H35N7O. The summed E-state index contributed by atoms with van der Waals surface area (Å²) in [5, 5.41) is 12.8. The molecule has 0 unspecified atom stereocenters. The van der Waals surface area contributed by atoms with E-state index >= 15 is 0 Å². The van der Waals surface area contributed by atoms with E-state index in [1.807, 2.05) is 30.3 Å². The van der Waals surface area contributed by atoms with Crippen molar-refractivity contribution in [1.82, 2.24) is 34.9 Å². The van der Waals surface area contributed by atoms with Crippen molar-refractivity contribution in [2.24, 2.45) is 0 Å². The normalized spacial score (nSPS) is 18.4. The van der Waals surface area contributed by atoms with Crippen molar-refractivity contribution in [3.05, 3.63) is 30.3 Å². The fraction of sp³-hybridized carbons (Fsp3) is 0.652. The Morgan fingerprint density at radius 3 is 2.29 bits per heavy atom. The minimum atomic E-state index is 0.324. The fourth-order valence-electron chi connectivity index (χ4n) is 4.41. The van der Waals surface area contributed by atoms with Gasteiger partial charge in [0, 0.05) is 44.8 Å². The highest BCUT2D eigenvalue weighted by atomic mass is 16.2. The number of rotatable bonds is 9. The molecule has 0 N–H and O–H groups in total. The summed E-state index contributed by atoms with van der Waals surface area (Å²) in [7, 11) is 0. The first kappa shape index (κ1) is 21.9. The molecule has 0 saturated carbocycles. The van der Waals surface area contributed by atoms with E-state index in [2.05, 4.69) is 30.1 Å². The monoisotopic (exact) mass is 425 g/mol. The quantitative estimate of drug-likeness (QED) is 0.574. The molecule has 2 aliphatic heterocycles. The van der Waals surface area contributed by atoms with Crippen molar-refractivity contribution in [2.45, 2.75) is 45.1 Å². The van der Waals surface area contributed by atoms with E-state index in [0.717, 1.165) is 70.8 Å². The zero-order valence-corrected chi connectivity index (χ0v) is 18.5. The molecule has 3 heterocycles. The molecule has 1 amide bonds. The van der Waals surface area contributed by atoms with E-state index in [4.69, 9.17) is 0 Å². The van der Waals surface area contributed by atoms with Crippen molar-refractivity contribution >= 4 is 5.91 Å². The van der Waals surface area contributed by atoms with Crippen LogP contribution in [0.3, 0.4) is 0 Å². The van der Waals surface area contributed by atoms with Crippen LogP contribution in [0.1, 0.15) is 38.5 Å². The minimum absolute atomic E-state index is 0.324. The van der Waals surface area contributed by atoms with Gasteiger partial charge in [-0.05, 0) is 43.9 Å². The molecule has 2 aliphatic rings. The second-order valence-corrected chi connectivity index (χ2v) is 8.69. The first-order valence-electron chi connectivity index (χ1n) is 11.8. The predicted octanol–water partition coefficient (Wildman–Crippen LogP) is 2.14. The number of unbranched alkanes of at least 4 members (excludes halogenated alkanes) is 2. The largest absolute Gasteiger partial charge is 0.342 e. The lowest BCUT2D eigenvalue weighted by Crippen LogP contribution is -2.50. The van der Waals surface area contributed by atoms with Crippen LogP contribution in [0.25, 0.3) is 11.4 Å². The number of amides is 1. The van der Waals surface area contributed by atoms with E-state index in [1.165, 1.54) is 25.7 Å². The average molecular weight is 426 g/mol. The first-order valence-corrected chi connectivity index (χ1v) is 11.8. The highest BCUT2D eigenvalue weighted by Crippen LogP contribution is 2.13. The maximum Gasteiger partial charge on any atom is 0.236 e. The summed E-state index contributed by atoms with van der Waals surface area (Å²) in [5.74, 6) is 1.02. The lowest BCUT2D eigenvalue weighted by Gasteiger charge is -2.36. The smallest absolute Gasteiger partial charge is 0.236 e. The molecule has 1 aromatic carbocycles. The number of aromatic nitrogens is 4. The molecule has 0 radical (unpaired) electrons. The van der Waals surface area contributed by atoms with Gasteiger partial charge in [-0.15, -0.1) is 10.2 Å². The molecule has 4 rings (SSSR count). The average Bonchev–Trinajstić information content (AvgIpc) is 3.30. The van der Waals surface area contributed by atoms with Crippen molar-refractivity contribution < 1.29 is 4.79 Å². The topological polar surface area (TPSA) is 70.4 Å². The fourth-order valence-corrected chi connectivity index (χ4v) is 4.41. The van der Waals surface area contributed by atoms with Crippen molar-refractivity contribution in [3.8, 4) is 11.4 Å². The Balaban J connectivity index is 1.07. The number of aryl methyl sites for hydroxylation is 1. The Hall–Kier alpha value is -2.32. The van der Waals surface area contributed by atoms with Gasteiger partial charge in [-0.2, -0.15) is 4.80 Å². The molecular weight excluding hydrogens is 390 g/mol. The van der Waals surface area contributed by atoms with Crippen molar-refractivity contribution in [1.29, 1.82) is 0 Å². The van der Waals surface area contributed by atoms with Gasteiger partial charge in [0.15, 0.2) is 0 Å². The van der Waals surface area contributed by atoms with Gasteiger partial charge in [0.05, 0.1) is 13.1 Å². The maximum atomic E-state index is 12.4. The SMILES string of the molecule is O=C(CN1CCN(CCCCCn2nnc(-c3ccccc3)n2)CC1)N1CCCCC1. The van der Waals surface area contributed by atoms with Crippen LogP contribution in [0.2, 0.25) is 0 Å². The Morgan fingerprint density at radius 2 is 1.52 bits per heavy atom. The Labute approximate surface area is 185 Å². The Kier molecular flexibility index (Phi) is 8.01. The van der Waals surface area contributed by atoms with E-state index < -0.39 is 0 Å². The van der Waals surface area contributed by atoms with E-state index in [-0.39, 0.29) is 0 Å². The summed E-state index contributed by atoms with van der Waals surface area (Å²) in [6.07, 6.45) is 7.02. The second-order valence-electron chi connectivity index (χ2n) is 8.69. The number of nitrogens with zero attached hydrogens (tertiary/aromatic N) is 7. The third kappa shape index (κ3) is 6.58. The molecule has 2 saturated heterocycles. The predicted molar refractivity (Wildman–Crippen MR) is 120 cm³/mol. The summed E-state index contributed by atoms with van der Waals surface area (Å²) in [6.45, 7) is 8.60. The molecule has 0 aliphatic carbocycles. The zero-order valence-electron chi connectivity index (χ0n) is 18.5. The van der Waals surface area contributed by atoms with Crippen molar-refractivity contribution in [2.75, 3.05) is 52.4 Å².